The second-order valence-corrected chi connectivity index (χ2v) is 5.70. The Morgan fingerprint density at radius 1 is 1.58 bits per heavy atom. The summed E-state index contributed by atoms with van der Waals surface area (Å²) in [6.07, 6.45) is 3.50. The third-order valence-corrected chi connectivity index (χ3v) is 4.24. The maximum absolute atomic E-state index is 11.7. The van der Waals surface area contributed by atoms with Gasteiger partial charge in [0.15, 0.2) is 5.69 Å². The number of nitrogens with one attached hydrogen (secondary N) is 1. The van der Waals surface area contributed by atoms with Gasteiger partial charge in [0.2, 0.25) is 0 Å². The summed E-state index contributed by atoms with van der Waals surface area (Å²) in [5.41, 5.74) is 2.41. The molecule has 0 aliphatic heterocycles. The standard InChI is InChI=1S/C13H20N2O3S/c1-3-18-12(16)10-11(19-9-15-10)14-8-13(4-5-13)6-7-17-2/h9,14H,3-8H2,1-2H3. The Kier molecular flexibility index (Phi) is 4.76. The predicted octanol–water partition coefficient (Wildman–Crippen LogP) is 2.55. The highest BCUT2D eigenvalue weighted by Crippen LogP contribution is 2.48. The van der Waals surface area contributed by atoms with E-state index in [4.69, 9.17) is 9.47 Å². The molecule has 19 heavy (non-hydrogen) atoms. The van der Waals surface area contributed by atoms with Crippen molar-refractivity contribution in [3.63, 3.8) is 0 Å². The van der Waals surface area contributed by atoms with Crippen LogP contribution in [0.25, 0.3) is 0 Å². The number of thiazole rings is 1. The average Bonchev–Trinajstić information content (AvgIpc) is 3.02. The number of aromatic nitrogens is 1. The number of anilines is 1. The highest BCUT2D eigenvalue weighted by atomic mass is 32.1. The van der Waals surface area contributed by atoms with E-state index in [1.807, 2.05) is 0 Å². The molecular weight excluding hydrogens is 264 g/mol. The summed E-state index contributed by atoms with van der Waals surface area (Å²) in [5, 5.41) is 4.15. The molecular formula is C13H20N2O3S. The van der Waals surface area contributed by atoms with Crippen molar-refractivity contribution >= 4 is 22.3 Å². The molecule has 0 unspecified atom stereocenters. The quantitative estimate of drug-likeness (QED) is 0.743. The van der Waals surface area contributed by atoms with Crippen LogP contribution in [0.4, 0.5) is 5.00 Å². The molecule has 0 spiro atoms. The summed E-state index contributed by atoms with van der Waals surface area (Å²) in [4.78, 5) is 15.8. The van der Waals surface area contributed by atoms with Crippen molar-refractivity contribution in [3.05, 3.63) is 11.2 Å². The molecule has 1 fully saturated rings. The van der Waals surface area contributed by atoms with Crippen LogP contribution in [0.1, 0.15) is 36.7 Å². The number of carbonyl (C=O) groups is 1. The number of carbonyl (C=O) groups excluding carboxylic acids is 1. The van der Waals surface area contributed by atoms with E-state index in [0.717, 1.165) is 24.6 Å². The van der Waals surface area contributed by atoms with Gasteiger partial charge in [-0.25, -0.2) is 9.78 Å². The molecule has 0 aromatic carbocycles. The highest BCUT2D eigenvalue weighted by Gasteiger charge is 2.42. The molecule has 1 aliphatic rings. The van der Waals surface area contributed by atoms with E-state index in [2.05, 4.69) is 10.3 Å². The Balaban J connectivity index is 1.90. The fraction of sp³-hybridized carbons (Fsp3) is 0.692. The van der Waals surface area contributed by atoms with Gasteiger partial charge < -0.3 is 14.8 Å². The topological polar surface area (TPSA) is 60.5 Å². The van der Waals surface area contributed by atoms with E-state index in [9.17, 15) is 4.79 Å². The van der Waals surface area contributed by atoms with Crippen molar-refractivity contribution in [1.29, 1.82) is 0 Å². The zero-order valence-electron chi connectivity index (χ0n) is 11.4. The fourth-order valence-electron chi connectivity index (χ4n) is 1.99. The van der Waals surface area contributed by atoms with E-state index in [1.54, 1.807) is 19.5 Å². The number of hydrogen-bond acceptors (Lipinski definition) is 6. The summed E-state index contributed by atoms with van der Waals surface area (Å²) in [6, 6.07) is 0. The molecule has 0 atom stereocenters. The lowest BCUT2D eigenvalue weighted by atomic mass is 10.0. The molecule has 0 radical (unpaired) electrons. The molecule has 1 heterocycles. The molecule has 1 aliphatic carbocycles. The molecule has 106 valence electrons. The first-order chi connectivity index (χ1) is 9.21. The van der Waals surface area contributed by atoms with Crippen LogP contribution in [-0.2, 0) is 9.47 Å². The maximum Gasteiger partial charge on any atom is 0.360 e. The first kappa shape index (κ1) is 14.3. The molecule has 0 saturated heterocycles. The Hall–Kier alpha value is -1.14. The fourth-order valence-corrected chi connectivity index (χ4v) is 2.66. The van der Waals surface area contributed by atoms with Crippen LogP contribution in [0.5, 0.6) is 0 Å². The van der Waals surface area contributed by atoms with Gasteiger partial charge in [0.25, 0.3) is 0 Å². The lowest BCUT2D eigenvalue weighted by Crippen LogP contribution is -2.18. The molecule has 5 nitrogen and oxygen atoms in total. The van der Waals surface area contributed by atoms with E-state index in [0.29, 0.717) is 17.7 Å². The van der Waals surface area contributed by atoms with Crippen molar-refractivity contribution in [3.8, 4) is 0 Å². The van der Waals surface area contributed by atoms with Crippen molar-refractivity contribution in [1.82, 2.24) is 4.98 Å². The van der Waals surface area contributed by atoms with Crippen molar-refractivity contribution in [2.75, 3.05) is 32.2 Å². The minimum absolute atomic E-state index is 0.339. The zero-order chi connectivity index (χ0) is 13.7. The van der Waals surface area contributed by atoms with Gasteiger partial charge in [0.05, 0.1) is 12.1 Å². The van der Waals surface area contributed by atoms with Crippen LogP contribution in [0.3, 0.4) is 0 Å². The third kappa shape index (κ3) is 3.67. The number of nitrogens with zero attached hydrogens (tertiary/aromatic N) is 1. The van der Waals surface area contributed by atoms with Gasteiger partial charge >= 0.3 is 5.97 Å². The number of hydrogen-bond donors (Lipinski definition) is 1. The van der Waals surface area contributed by atoms with E-state index in [-0.39, 0.29) is 5.97 Å². The summed E-state index contributed by atoms with van der Waals surface area (Å²) >= 11 is 1.44. The van der Waals surface area contributed by atoms with Crippen LogP contribution in [-0.4, -0.2) is 37.8 Å². The van der Waals surface area contributed by atoms with Crippen LogP contribution in [0.15, 0.2) is 5.51 Å². The molecule has 2 rings (SSSR count). The Labute approximate surface area is 117 Å². The molecule has 1 aromatic rings. The lowest BCUT2D eigenvalue weighted by Gasteiger charge is -2.15. The smallest absolute Gasteiger partial charge is 0.360 e. The number of ether oxygens (including phenoxy) is 2. The van der Waals surface area contributed by atoms with Crippen LogP contribution in [0, 0.1) is 5.41 Å². The molecule has 1 saturated carbocycles. The van der Waals surface area contributed by atoms with Crippen LogP contribution >= 0.6 is 11.3 Å². The molecule has 6 heteroatoms. The first-order valence-corrected chi connectivity index (χ1v) is 7.42. The monoisotopic (exact) mass is 284 g/mol. The highest BCUT2D eigenvalue weighted by molar-refractivity contribution is 7.14. The Morgan fingerprint density at radius 3 is 3.00 bits per heavy atom. The normalized spacial score (nSPS) is 16.1. The Morgan fingerprint density at radius 2 is 2.37 bits per heavy atom. The van der Waals surface area contributed by atoms with Crippen LogP contribution < -0.4 is 5.32 Å². The van der Waals surface area contributed by atoms with Gasteiger partial charge in [-0.2, -0.15) is 0 Å². The Bertz CT molecular complexity index is 429. The van der Waals surface area contributed by atoms with E-state index in [1.165, 1.54) is 24.2 Å². The predicted molar refractivity (Wildman–Crippen MR) is 74.7 cm³/mol. The minimum atomic E-state index is -0.354. The van der Waals surface area contributed by atoms with Gasteiger partial charge in [0.1, 0.15) is 5.00 Å². The number of methoxy groups -OCH3 is 1. The lowest BCUT2D eigenvalue weighted by molar-refractivity contribution is 0.0521. The minimum Gasteiger partial charge on any atom is -0.461 e. The van der Waals surface area contributed by atoms with E-state index >= 15 is 0 Å². The second-order valence-electron chi connectivity index (χ2n) is 4.85. The summed E-state index contributed by atoms with van der Waals surface area (Å²) in [6.45, 7) is 3.81. The van der Waals surface area contributed by atoms with Crippen molar-refractivity contribution in [2.24, 2.45) is 5.41 Å². The average molecular weight is 284 g/mol. The van der Waals surface area contributed by atoms with E-state index < -0.39 is 0 Å². The molecule has 1 aromatic heterocycles. The van der Waals surface area contributed by atoms with Gasteiger partial charge in [-0.3, -0.25) is 0 Å². The SMILES string of the molecule is CCOC(=O)c1ncsc1NCC1(CCOC)CC1. The van der Waals surface area contributed by atoms with Gasteiger partial charge in [-0.1, -0.05) is 0 Å². The van der Waals surface area contributed by atoms with Crippen molar-refractivity contribution < 1.29 is 14.3 Å². The summed E-state index contributed by atoms with van der Waals surface area (Å²) < 4.78 is 10.1. The summed E-state index contributed by atoms with van der Waals surface area (Å²) in [5.74, 6) is -0.354. The molecule has 0 bridgehead atoms. The number of rotatable bonds is 8. The number of esters is 1. The van der Waals surface area contributed by atoms with Gasteiger partial charge in [-0.15, -0.1) is 11.3 Å². The largest absolute Gasteiger partial charge is 0.461 e. The van der Waals surface area contributed by atoms with Crippen LogP contribution in [0.2, 0.25) is 0 Å². The summed E-state index contributed by atoms with van der Waals surface area (Å²) in [7, 11) is 1.73. The van der Waals surface area contributed by atoms with Gasteiger partial charge in [-0.05, 0) is 31.6 Å². The second kappa shape index (κ2) is 6.34. The molecule has 1 N–H and O–H groups in total. The van der Waals surface area contributed by atoms with Crippen molar-refractivity contribution in [2.45, 2.75) is 26.2 Å². The molecule has 0 amide bonds. The first-order valence-electron chi connectivity index (χ1n) is 6.54. The third-order valence-electron chi connectivity index (χ3n) is 3.45. The zero-order valence-corrected chi connectivity index (χ0v) is 12.2. The van der Waals surface area contributed by atoms with Gasteiger partial charge in [0, 0.05) is 20.3 Å². The maximum atomic E-state index is 11.7.